The largest absolute Gasteiger partial charge is 0.396 e. The number of hydrogen-bond donors (Lipinski definition) is 2. The zero-order valence-corrected chi connectivity index (χ0v) is 10.4. The summed E-state index contributed by atoms with van der Waals surface area (Å²) in [6, 6.07) is -0.411. The third kappa shape index (κ3) is 2.92. The molecule has 7 heteroatoms. The SMILES string of the molecule is O=C(NC(CCO)C1CC1)c1c(F)c(F)cc(F)c1F. The van der Waals surface area contributed by atoms with E-state index in [9.17, 15) is 22.4 Å². The highest BCUT2D eigenvalue weighted by Gasteiger charge is 2.34. The van der Waals surface area contributed by atoms with Crippen LogP contribution in [0, 0.1) is 29.2 Å². The van der Waals surface area contributed by atoms with Crippen molar-refractivity contribution >= 4 is 5.91 Å². The molecular weight excluding hydrogens is 278 g/mol. The molecule has 0 aromatic heterocycles. The van der Waals surface area contributed by atoms with Crippen molar-refractivity contribution in [1.82, 2.24) is 5.32 Å². The fourth-order valence-electron chi connectivity index (χ4n) is 2.08. The van der Waals surface area contributed by atoms with Gasteiger partial charge in [-0.25, -0.2) is 17.6 Å². The fraction of sp³-hybridized carbons (Fsp3) is 0.462. The van der Waals surface area contributed by atoms with Crippen LogP contribution in [0.4, 0.5) is 17.6 Å². The van der Waals surface area contributed by atoms with Gasteiger partial charge in [-0.2, -0.15) is 0 Å². The monoisotopic (exact) mass is 291 g/mol. The number of carbonyl (C=O) groups is 1. The minimum atomic E-state index is -1.72. The van der Waals surface area contributed by atoms with Gasteiger partial charge >= 0.3 is 0 Å². The number of aliphatic hydroxyl groups is 1. The summed E-state index contributed by atoms with van der Waals surface area (Å²) >= 11 is 0. The fourth-order valence-corrected chi connectivity index (χ4v) is 2.08. The number of nitrogens with one attached hydrogen (secondary N) is 1. The molecule has 1 aliphatic carbocycles. The molecule has 1 unspecified atom stereocenters. The Kier molecular flexibility index (Phi) is 4.27. The van der Waals surface area contributed by atoms with Crippen molar-refractivity contribution in [2.45, 2.75) is 25.3 Å². The molecule has 0 aliphatic heterocycles. The van der Waals surface area contributed by atoms with Gasteiger partial charge < -0.3 is 10.4 Å². The minimum absolute atomic E-state index is 0.0491. The molecule has 0 heterocycles. The molecule has 2 rings (SSSR count). The summed E-state index contributed by atoms with van der Waals surface area (Å²) in [6.45, 7) is -0.204. The average Bonchev–Trinajstić information content (AvgIpc) is 3.20. The zero-order valence-electron chi connectivity index (χ0n) is 10.4. The molecule has 1 atom stereocenters. The van der Waals surface area contributed by atoms with Crippen LogP contribution in [-0.4, -0.2) is 23.7 Å². The first kappa shape index (κ1) is 14.8. The van der Waals surface area contributed by atoms with E-state index in [2.05, 4.69) is 5.32 Å². The van der Waals surface area contributed by atoms with Gasteiger partial charge in [-0.1, -0.05) is 0 Å². The van der Waals surface area contributed by atoms with Crippen LogP contribution in [-0.2, 0) is 0 Å². The van der Waals surface area contributed by atoms with Gasteiger partial charge in [0.05, 0.1) is 0 Å². The first-order valence-electron chi connectivity index (χ1n) is 6.20. The van der Waals surface area contributed by atoms with E-state index in [4.69, 9.17) is 5.11 Å². The second-order valence-corrected chi connectivity index (χ2v) is 4.77. The molecule has 0 saturated heterocycles. The number of aliphatic hydroxyl groups excluding tert-OH is 1. The Morgan fingerprint density at radius 1 is 1.25 bits per heavy atom. The highest BCUT2D eigenvalue weighted by Crippen LogP contribution is 2.34. The van der Waals surface area contributed by atoms with Crippen LogP contribution in [0.3, 0.4) is 0 Å². The van der Waals surface area contributed by atoms with Crippen LogP contribution in [0.2, 0.25) is 0 Å². The van der Waals surface area contributed by atoms with Crippen LogP contribution < -0.4 is 5.32 Å². The quantitative estimate of drug-likeness (QED) is 0.645. The molecule has 1 saturated carbocycles. The Labute approximate surface area is 112 Å². The van der Waals surface area contributed by atoms with Crippen molar-refractivity contribution in [3.8, 4) is 0 Å². The Bertz CT molecular complexity index is 505. The first-order valence-corrected chi connectivity index (χ1v) is 6.20. The third-order valence-electron chi connectivity index (χ3n) is 3.29. The van der Waals surface area contributed by atoms with E-state index >= 15 is 0 Å². The maximum Gasteiger partial charge on any atom is 0.257 e. The van der Waals surface area contributed by atoms with Gasteiger partial charge in [-0.15, -0.1) is 0 Å². The molecule has 1 aromatic carbocycles. The molecule has 3 nitrogen and oxygen atoms in total. The summed E-state index contributed by atoms with van der Waals surface area (Å²) in [7, 11) is 0. The smallest absolute Gasteiger partial charge is 0.257 e. The number of hydrogen-bond acceptors (Lipinski definition) is 2. The lowest BCUT2D eigenvalue weighted by Gasteiger charge is -2.17. The summed E-state index contributed by atoms with van der Waals surface area (Å²) in [5, 5.41) is 11.2. The van der Waals surface area contributed by atoms with Gasteiger partial charge in [0.1, 0.15) is 5.56 Å². The zero-order chi connectivity index (χ0) is 14.9. The molecular formula is C13H13F4NO2. The lowest BCUT2D eigenvalue weighted by Crippen LogP contribution is -2.38. The molecule has 1 fully saturated rings. The van der Waals surface area contributed by atoms with Crippen molar-refractivity contribution in [1.29, 1.82) is 0 Å². The van der Waals surface area contributed by atoms with Gasteiger partial charge in [-0.3, -0.25) is 4.79 Å². The molecule has 2 N–H and O–H groups in total. The molecule has 0 bridgehead atoms. The van der Waals surface area contributed by atoms with E-state index in [1.165, 1.54) is 0 Å². The topological polar surface area (TPSA) is 49.3 Å². The van der Waals surface area contributed by atoms with Crippen LogP contribution in [0.5, 0.6) is 0 Å². The predicted octanol–water partition coefficient (Wildman–Crippen LogP) is 2.13. The van der Waals surface area contributed by atoms with E-state index in [0.29, 0.717) is 0 Å². The summed E-state index contributed by atoms with van der Waals surface area (Å²) in [4.78, 5) is 11.8. The molecule has 0 radical (unpaired) electrons. The van der Waals surface area contributed by atoms with E-state index in [1.54, 1.807) is 0 Å². The van der Waals surface area contributed by atoms with Crippen molar-refractivity contribution < 1.29 is 27.5 Å². The number of carbonyl (C=O) groups excluding carboxylic acids is 1. The predicted molar refractivity (Wildman–Crippen MR) is 62.0 cm³/mol. The lowest BCUT2D eigenvalue weighted by atomic mass is 10.1. The summed E-state index contributed by atoms with van der Waals surface area (Å²) < 4.78 is 53.0. The lowest BCUT2D eigenvalue weighted by molar-refractivity contribution is 0.0913. The summed E-state index contributed by atoms with van der Waals surface area (Å²) in [5.41, 5.74) is -1.27. The van der Waals surface area contributed by atoms with E-state index in [-0.39, 0.29) is 25.0 Å². The Balaban J connectivity index is 2.24. The second-order valence-electron chi connectivity index (χ2n) is 4.77. The van der Waals surface area contributed by atoms with Gasteiger partial charge in [0.15, 0.2) is 23.3 Å². The van der Waals surface area contributed by atoms with Crippen molar-refractivity contribution in [3.05, 3.63) is 34.9 Å². The van der Waals surface area contributed by atoms with Crippen molar-refractivity contribution in [2.24, 2.45) is 5.92 Å². The number of halogens is 4. The van der Waals surface area contributed by atoms with Crippen LogP contribution in [0.15, 0.2) is 6.07 Å². The molecule has 0 spiro atoms. The second kappa shape index (κ2) is 5.78. The minimum Gasteiger partial charge on any atom is -0.396 e. The van der Waals surface area contributed by atoms with Crippen LogP contribution in [0.1, 0.15) is 29.6 Å². The van der Waals surface area contributed by atoms with Crippen molar-refractivity contribution in [2.75, 3.05) is 6.61 Å². The normalized spacial score (nSPS) is 16.1. The molecule has 1 aliphatic rings. The maximum absolute atomic E-state index is 13.5. The number of benzene rings is 1. The molecule has 20 heavy (non-hydrogen) atoms. The Morgan fingerprint density at radius 2 is 1.80 bits per heavy atom. The third-order valence-corrected chi connectivity index (χ3v) is 3.29. The molecule has 110 valence electrons. The standard InChI is InChI=1S/C13H13F4NO2/c14-7-5-8(15)12(17)10(11(7)16)13(20)18-9(3-4-19)6-1-2-6/h5-6,9,19H,1-4H2,(H,18,20). The first-order chi connectivity index (χ1) is 9.45. The number of rotatable bonds is 5. The number of amides is 1. The average molecular weight is 291 g/mol. The maximum atomic E-state index is 13.5. The summed E-state index contributed by atoms with van der Waals surface area (Å²) in [5.74, 6) is -7.79. The molecule has 1 aromatic rings. The van der Waals surface area contributed by atoms with E-state index < -0.39 is 40.8 Å². The van der Waals surface area contributed by atoms with Crippen LogP contribution in [0.25, 0.3) is 0 Å². The Hall–Kier alpha value is -1.63. The molecule has 1 amide bonds. The van der Waals surface area contributed by atoms with Crippen molar-refractivity contribution in [3.63, 3.8) is 0 Å². The summed E-state index contributed by atoms with van der Waals surface area (Å²) in [6.07, 6.45) is 1.87. The van der Waals surface area contributed by atoms with Gasteiger partial charge in [0.25, 0.3) is 5.91 Å². The Morgan fingerprint density at radius 3 is 2.25 bits per heavy atom. The van der Waals surface area contributed by atoms with Crippen LogP contribution >= 0.6 is 0 Å². The van der Waals surface area contributed by atoms with Gasteiger partial charge in [0.2, 0.25) is 0 Å². The van der Waals surface area contributed by atoms with Gasteiger partial charge in [0, 0.05) is 18.7 Å². The van der Waals surface area contributed by atoms with E-state index in [0.717, 1.165) is 12.8 Å². The highest BCUT2D eigenvalue weighted by atomic mass is 19.2. The van der Waals surface area contributed by atoms with E-state index in [1.807, 2.05) is 0 Å². The van der Waals surface area contributed by atoms with Gasteiger partial charge in [-0.05, 0) is 25.2 Å². The highest BCUT2D eigenvalue weighted by molar-refractivity contribution is 5.95.